The van der Waals surface area contributed by atoms with Crippen molar-refractivity contribution in [2.75, 3.05) is 0 Å². The first-order valence-corrected chi connectivity index (χ1v) is 5.67. The fraction of sp³-hybridized carbons (Fsp3) is 1.00. The van der Waals surface area contributed by atoms with Crippen LogP contribution in [-0.2, 0) is 10.0 Å². The number of halogens is 3. The zero-order valence-electron chi connectivity index (χ0n) is 7.30. The molecule has 0 amide bonds. The average molecular weight is 236 g/mol. The third-order valence-corrected chi connectivity index (χ3v) is 2.66. The van der Waals surface area contributed by atoms with Crippen molar-refractivity contribution in [3.63, 3.8) is 0 Å². The summed E-state index contributed by atoms with van der Waals surface area (Å²) in [4.78, 5) is 0. The van der Waals surface area contributed by atoms with Crippen LogP contribution in [0.4, 0.5) is 8.78 Å². The molecule has 1 N–H and O–H groups in total. The Labute approximate surface area is 81.5 Å². The molecule has 2 atom stereocenters. The number of hydrogen-bond acceptors (Lipinski definition) is 2. The van der Waals surface area contributed by atoms with Crippen molar-refractivity contribution < 1.29 is 17.2 Å². The van der Waals surface area contributed by atoms with Gasteiger partial charge in [-0.05, 0) is 20.3 Å². The third kappa shape index (κ3) is 5.38. The van der Waals surface area contributed by atoms with E-state index in [2.05, 4.69) is 0 Å². The maximum Gasteiger partial charge on any atom is 0.350 e. The van der Waals surface area contributed by atoms with Crippen molar-refractivity contribution in [2.24, 2.45) is 0 Å². The van der Waals surface area contributed by atoms with Gasteiger partial charge in [-0.1, -0.05) is 0 Å². The highest BCUT2D eigenvalue weighted by Gasteiger charge is 2.25. The van der Waals surface area contributed by atoms with Gasteiger partial charge in [0, 0.05) is 11.4 Å². The molecule has 80 valence electrons. The van der Waals surface area contributed by atoms with Gasteiger partial charge < -0.3 is 0 Å². The second-order valence-electron chi connectivity index (χ2n) is 2.84. The normalized spacial score (nSPS) is 17.4. The lowest BCUT2D eigenvalue weighted by Gasteiger charge is -2.14. The minimum absolute atomic E-state index is 0.254. The summed E-state index contributed by atoms with van der Waals surface area (Å²) in [6, 6.07) is -0.577. The predicted molar refractivity (Wildman–Crippen MR) is 47.5 cm³/mol. The average Bonchev–Trinajstić information content (AvgIpc) is 1.82. The van der Waals surface area contributed by atoms with E-state index in [4.69, 9.17) is 11.6 Å². The Morgan fingerprint density at radius 2 is 1.85 bits per heavy atom. The van der Waals surface area contributed by atoms with Gasteiger partial charge in [-0.15, -0.1) is 11.6 Å². The zero-order chi connectivity index (χ0) is 10.6. The highest BCUT2D eigenvalue weighted by atomic mass is 35.5. The first kappa shape index (κ1) is 13.1. The van der Waals surface area contributed by atoms with Gasteiger partial charge in [0.2, 0.25) is 0 Å². The molecule has 0 aromatic heterocycles. The molecule has 3 nitrogen and oxygen atoms in total. The Bertz CT molecular complexity index is 243. The predicted octanol–water partition coefficient (Wildman–Crippen LogP) is 1.53. The summed E-state index contributed by atoms with van der Waals surface area (Å²) in [7, 11) is -4.49. The Kier molecular flexibility index (Phi) is 5.09. The van der Waals surface area contributed by atoms with E-state index in [9.17, 15) is 17.2 Å². The molecule has 0 saturated carbocycles. The van der Waals surface area contributed by atoms with E-state index in [0.29, 0.717) is 6.42 Å². The van der Waals surface area contributed by atoms with Gasteiger partial charge in [-0.25, -0.2) is 13.1 Å². The molecule has 2 unspecified atom stereocenters. The molecule has 13 heavy (non-hydrogen) atoms. The highest BCUT2D eigenvalue weighted by Crippen LogP contribution is 2.08. The fourth-order valence-electron chi connectivity index (χ4n) is 0.867. The largest absolute Gasteiger partial charge is 0.350 e. The smallest absolute Gasteiger partial charge is 0.207 e. The summed E-state index contributed by atoms with van der Waals surface area (Å²) in [5, 5.41) is -0.254. The summed E-state index contributed by atoms with van der Waals surface area (Å²) < 4.78 is 46.7. The number of hydrogen-bond donors (Lipinski definition) is 1. The molecule has 0 aliphatic carbocycles. The minimum Gasteiger partial charge on any atom is -0.207 e. The summed E-state index contributed by atoms with van der Waals surface area (Å²) in [5.41, 5.74) is 0. The molecular weight excluding hydrogens is 224 g/mol. The van der Waals surface area contributed by atoms with Gasteiger partial charge in [-0.3, -0.25) is 0 Å². The van der Waals surface area contributed by atoms with Crippen LogP contribution < -0.4 is 4.72 Å². The third-order valence-electron chi connectivity index (χ3n) is 1.28. The molecule has 0 fully saturated rings. The molecule has 0 saturated heterocycles. The van der Waals surface area contributed by atoms with Gasteiger partial charge in [0.15, 0.2) is 0 Å². The SMILES string of the molecule is CC(Cl)CC(C)NS(=O)(=O)C(F)F. The van der Waals surface area contributed by atoms with Crippen molar-refractivity contribution in [3.8, 4) is 0 Å². The van der Waals surface area contributed by atoms with Crippen LogP contribution in [0.5, 0.6) is 0 Å². The molecule has 0 aromatic carbocycles. The van der Waals surface area contributed by atoms with Gasteiger partial charge in [0.25, 0.3) is 10.0 Å². The van der Waals surface area contributed by atoms with Crippen molar-refractivity contribution >= 4 is 21.6 Å². The van der Waals surface area contributed by atoms with Gasteiger partial charge in [0.1, 0.15) is 0 Å². The molecule has 0 spiro atoms. The monoisotopic (exact) mass is 235 g/mol. The van der Waals surface area contributed by atoms with E-state index >= 15 is 0 Å². The van der Waals surface area contributed by atoms with Gasteiger partial charge >= 0.3 is 5.76 Å². The molecule has 0 aliphatic rings. The lowest BCUT2D eigenvalue weighted by molar-refractivity contribution is 0.231. The van der Waals surface area contributed by atoms with E-state index < -0.39 is 21.8 Å². The number of nitrogens with one attached hydrogen (secondary N) is 1. The first-order chi connectivity index (χ1) is 5.75. The first-order valence-electron chi connectivity index (χ1n) is 3.69. The van der Waals surface area contributed by atoms with Crippen LogP contribution in [0.15, 0.2) is 0 Å². The maximum atomic E-state index is 11.8. The fourth-order valence-corrected chi connectivity index (χ4v) is 1.89. The highest BCUT2D eigenvalue weighted by molar-refractivity contribution is 7.89. The lowest BCUT2D eigenvalue weighted by atomic mass is 10.2. The van der Waals surface area contributed by atoms with Crippen molar-refractivity contribution in [2.45, 2.75) is 37.4 Å². The molecule has 0 rings (SSSR count). The number of rotatable bonds is 5. The van der Waals surface area contributed by atoms with Gasteiger partial charge in [-0.2, -0.15) is 8.78 Å². The van der Waals surface area contributed by atoms with Crippen LogP contribution in [0.2, 0.25) is 0 Å². The van der Waals surface area contributed by atoms with Crippen LogP contribution in [0.1, 0.15) is 20.3 Å². The van der Waals surface area contributed by atoms with Crippen LogP contribution in [-0.4, -0.2) is 25.6 Å². The summed E-state index contributed by atoms with van der Waals surface area (Å²) in [5.74, 6) is -3.39. The Morgan fingerprint density at radius 3 is 2.15 bits per heavy atom. The molecule has 7 heteroatoms. The van der Waals surface area contributed by atoms with Gasteiger partial charge in [0.05, 0.1) is 0 Å². The number of sulfonamides is 1. The van der Waals surface area contributed by atoms with Crippen molar-refractivity contribution in [1.29, 1.82) is 0 Å². The summed E-state index contributed by atoms with van der Waals surface area (Å²) in [6.07, 6.45) is 0.313. The van der Waals surface area contributed by atoms with E-state index in [0.717, 1.165) is 0 Å². The molecule has 0 radical (unpaired) electrons. The van der Waals surface area contributed by atoms with Crippen molar-refractivity contribution in [1.82, 2.24) is 4.72 Å². The lowest BCUT2D eigenvalue weighted by Crippen LogP contribution is -2.37. The van der Waals surface area contributed by atoms with E-state index in [1.807, 2.05) is 4.72 Å². The quantitative estimate of drug-likeness (QED) is 0.735. The molecule has 0 aliphatic heterocycles. The minimum atomic E-state index is -4.49. The van der Waals surface area contributed by atoms with Crippen LogP contribution in [0.25, 0.3) is 0 Å². The maximum absolute atomic E-state index is 11.8. The van der Waals surface area contributed by atoms with Crippen LogP contribution in [0, 0.1) is 0 Å². The second-order valence-corrected chi connectivity index (χ2v) is 5.27. The van der Waals surface area contributed by atoms with Crippen LogP contribution in [0.3, 0.4) is 0 Å². The molecule has 0 aromatic rings. The standard InChI is InChI=1S/C6H12ClF2NO2S/c1-4(7)3-5(2)10-13(11,12)6(8)9/h4-6,10H,3H2,1-2H3. The summed E-state index contributed by atoms with van der Waals surface area (Å²) in [6.45, 7) is 3.15. The Morgan fingerprint density at radius 1 is 1.38 bits per heavy atom. The van der Waals surface area contributed by atoms with E-state index in [-0.39, 0.29) is 5.38 Å². The van der Waals surface area contributed by atoms with E-state index in [1.165, 1.54) is 6.92 Å². The Hall–Kier alpha value is 0.0600. The molecule has 0 bridgehead atoms. The molecular formula is C6H12ClF2NO2S. The van der Waals surface area contributed by atoms with E-state index in [1.54, 1.807) is 6.92 Å². The van der Waals surface area contributed by atoms with Crippen LogP contribution >= 0.6 is 11.6 Å². The molecule has 0 heterocycles. The van der Waals surface area contributed by atoms with Crippen molar-refractivity contribution in [3.05, 3.63) is 0 Å². The Balaban J connectivity index is 4.13. The topological polar surface area (TPSA) is 46.2 Å². The summed E-state index contributed by atoms with van der Waals surface area (Å²) >= 11 is 5.56. The number of alkyl halides is 3. The second kappa shape index (κ2) is 5.07. The zero-order valence-corrected chi connectivity index (χ0v) is 8.87.